The van der Waals surface area contributed by atoms with Crippen LogP contribution in [-0.2, 0) is 29.1 Å². The van der Waals surface area contributed by atoms with Gasteiger partial charge >= 0.3 is 5.97 Å². The molecule has 0 atom stereocenters. The molecule has 0 bridgehead atoms. The number of carbonyl (C=O) groups excluding carboxylic acids is 1. The van der Waals surface area contributed by atoms with E-state index in [2.05, 4.69) is 29.0 Å². The summed E-state index contributed by atoms with van der Waals surface area (Å²) >= 11 is 0. The first-order valence-electron chi connectivity index (χ1n) is 9.99. The first-order valence-corrected chi connectivity index (χ1v) is 9.99. The van der Waals surface area contributed by atoms with Crippen LogP contribution in [0, 0.1) is 5.92 Å². The van der Waals surface area contributed by atoms with Gasteiger partial charge in [-0.1, -0.05) is 19.0 Å². The average Bonchev–Trinajstić information content (AvgIpc) is 3.19. The fraction of sp³-hybridized carbons (Fsp3) is 0.476. The zero-order valence-electron chi connectivity index (χ0n) is 18.1. The SMILES string of the molecule is COc1cc2ncn(CCCC(=O)OCc3nc(CC(C)C)no3)c(=O)c2cc1OC. The average molecular weight is 430 g/mol. The number of aryl methyl sites for hydroxylation is 1. The Hall–Kier alpha value is -3.43. The molecule has 0 amide bonds. The summed E-state index contributed by atoms with van der Waals surface area (Å²) in [6.07, 6.45) is 2.71. The van der Waals surface area contributed by atoms with E-state index in [0.717, 1.165) is 0 Å². The molecule has 2 aromatic heterocycles. The topological polar surface area (TPSA) is 119 Å². The van der Waals surface area contributed by atoms with E-state index in [-0.39, 0.29) is 24.5 Å². The van der Waals surface area contributed by atoms with Crippen molar-refractivity contribution in [3.05, 3.63) is 40.5 Å². The third kappa shape index (κ3) is 5.59. The molecule has 0 aliphatic rings. The fourth-order valence-electron chi connectivity index (χ4n) is 3.05. The zero-order chi connectivity index (χ0) is 22.4. The van der Waals surface area contributed by atoms with Gasteiger partial charge in [-0.15, -0.1) is 0 Å². The summed E-state index contributed by atoms with van der Waals surface area (Å²) in [6.45, 7) is 4.37. The lowest BCUT2D eigenvalue weighted by molar-refractivity contribution is -0.145. The molecule has 31 heavy (non-hydrogen) atoms. The molecule has 3 rings (SSSR count). The molecule has 0 fully saturated rings. The predicted molar refractivity (Wildman–Crippen MR) is 111 cm³/mol. The Balaban J connectivity index is 1.55. The summed E-state index contributed by atoms with van der Waals surface area (Å²) in [5.74, 6) is 1.82. The lowest BCUT2D eigenvalue weighted by Crippen LogP contribution is -2.21. The van der Waals surface area contributed by atoms with Crippen molar-refractivity contribution in [2.75, 3.05) is 14.2 Å². The molecule has 10 heteroatoms. The molecule has 0 saturated carbocycles. The second-order valence-electron chi connectivity index (χ2n) is 7.43. The van der Waals surface area contributed by atoms with E-state index in [1.165, 1.54) is 25.1 Å². The summed E-state index contributed by atoms with van der Waals surface area (Å²) in [5, 5.41) is 4.27. The molecule has 0 aliphatic carbocycles. The molecule has 0 N–H and O–H groups in total. The predicted octanol–water partition coefficient (Wildman–Crippen LogP) is 2.52. The van der Waals surface area contributed by atoms with Crippen molar-refractivity contribution in [1.29, 1.82) is 0 Å². The number of ether oxygens (including phenoxy) is 3. The Bertz CT molecular complexity index is 1100. The van der Waals surface area contributed by atoms with Crippen molar-refractivity contribution in [2.24, 2.45) is 5.92 Å². The highest BCUT2D eigenvalue weighted by atomic mass is 16.6. The van der Waals surface area contributed by atoms with Gasteiger partial charge in [0.05, 0.1) is 31.4 Å². The van der Waals surface area contributed by atoms with Crippen LogP contribution >= 0.6 is 0 Å². The number of hydrogen-bond donors (Lipinski definition) is 0. The number of rotatable bonds is 10. The quantitative estimate of drug-likeness (QED) is 0.447. The Morgan fingerprint density at radius 2 is 1.94 bits per heavy atom. The van der Waals surface area contributed by atoms with Crippen molar-refractivity contribution >= 4 is 16.9 Å². The first kappa shape index (κ1) is 22.3. The maximum absolute atomic E-state index is 12.7. The standard InChI is InChI=1S/C21H26N4O6/c1-13(2)8-18-23-19(31-24-18)11-30-20(26)6-5-7-25-12-22-15-10-17(29-4)16(28-3)9-14(15)21(25)27/h9-10,12-13H,5-8,11H2,1-4H3. The van der Waals surface area contributed by atoms with E-state index in [9.17, 15) is 9.59 Å². The van der Waals surface area contributed by atoms with Gasteiger partial charge in [0.25, 0.3) is 11.4 Å². The Morgan fingerprint density at radius 1 is 1.19 bits per heavy atom. The Morgan fingerprint density at radius 3 is 2.65 bits per heavy atom. The molecule has 1 aromatic carbocycles. The molecule has 2 heterocycles. The minimum atomic E-state index is -0.406. The highest BCUT2D eigenvalue weighted by Crippen LogP contribution is 2.29. The maximum atomic E-state index is 12.7. The van der Waals surface area contributed by atoms with Gasteiger partial charge in [-0.3, -0.25) is 14.2 Å². The van der Waals surface area contributed by atoms with Crippen LogP contribution in [0.25, 0.3) is 10.9 Å². The third-order valence-electron chi connectivity index (χ3n) is 4.57. The van der Waals surface area contributed by atoms with E-state index in [1.54, 1.807) is 12.1 Å². The maximum Gasteiger partial charge on any atom is 0.306 e. The lowest BCUT2D eigenvalue weighted by Gasteiger charge is -2.10. The molecule has 0 radical (unpaired) electrons. The monoisotopic (exact) mass is 430 g/mol. The van der Waals surface area contributed by atoms with Gasteiger partial charge < -0.3 is 18.7 Å². The number of aromatic nitrogens is 4. The second kappa shape index (κ2) is 10.1. The van der Waals surface area contributed by atoms with E-state index in [0.29, 0.717) is 53.5 Å². The van der Waals surface area contributed by atoms with Gasteiger partial charge in [0.15, 0.2) is 23.9 Å². The molecule has 0 saturated heterocycles. The Kier molecular flexibility index (Phi) is 7.22. The normalized spacial score (nSPS) is 11.1. The Labute approximate surface area is 179 Å². The van der Waals surface area contributed by atoms with E-state index in [1.807, 2.05) is 0 Å². The fourth-order valence-corrected chi connectivity index (χ4v) is 3.05. The number of carbonyl (C=O) groups is 1. The van der Waals surface area contributed by atoms with Gasteiger partial charge in [-0.2, -0.15) is 4.98 Å². The van der Waals surface area contributed by atoms with Crippen LogP contribution in [0.1, 0.15) is 38.4 Å². The van der Waals surface area contributed by atoms with Gasteiger partial charge in [0.1, 0.15) is 0 Å². The van der Waals surface area contributed by atoms with Gasteiger partial charge in [0.2, 0.25) is 0 Å². The number of fused-ring (bicyclic) bond motifs is 1. The first-order chi connectivity index (χ1) is 14.9. The van der Waals surface area contributed by atoms with E-state index < -0.39 is 5.97 Å². The van der Waals surface area contributed by atoms with Crippen LogP contribution in [0.5, 0.6) is 11.5 Å². The number of hydrogen-bond acceptors (Lipinski definition) is 9. The van der Waals surface area contributed by atoms with Gasteiger partial charge in [-0.05, 0) is 18.4 Å². The summed E-state index contributed by atoms with van der Waals surface area (Å²) < 4.78 is 22.2. The molecular weight excluding hydrogens is 404 g/mol. The highest BCUT2D eigenvalue weighted by molar-refractivity contribution is 5.81. The van der Waals surface area contributed by atoms with Crippen molar-refractivity contribution in [1.82, 2.24) is 19.7 Å². The minimum absolute atomic E-state index is 0.0664. The van der Waals surface area contributed by atoms with Crippen LogP contribution in [0.15, 0.2) is 27.8 Å². The number of benzene rings is 1. The van der Waals surface area contributed by atoms with E-state index >= 15 is 0 Å². The van der Waals surface area contributed by atoms with E-state index in [4.69, 9.17) is 18.7 Å². The number of esters is 1. The molecule has 3 aromatic rings. The summed E-state index contributed by atoms with van der Waals surface area (Å²) in [6, 6.07) is 3.26. The van der Waals surface area contributed by atoms with Gasteiger partial charge in [0, 0.05) is 25.5 Å². The largest absolute Gasteiger partial charge is 0.493 e. The second-order valence-corrected chi connectivity index (χ2v) is 7.43. The third-order valence-corrected chi connectivity index (χ3v) is 4.57. The molecule has 0 aliphatic heterocycles. The van der Waals surface area contributed by atoms with Crippen LogP contribution in [-0.4, -0.2) is 39.9 Å². The molecule has 10 nitrogen and oxygen atoms in total. The molecule has 0 spiro atoms. The summed E-state index contributed by atoms with van der Waals surface area (Å²) in [7, 11) is 3.02. The van der Waals surface area contributed by atoms with Crippen molar-refractivity contribution in [3.8, 4) is 11.5 Å². The van der Waals surface area contributed by atoms with Crippen molar-refractivity contribution < 1.29 is 23.5 Å². The van der Waals surface area contributed by atoms with Crippen LogP contribution in [0.2, 0.25) is 0 Å². The van der Waals surface area contributed by atoms with Crippen LogP contribution in [0.3, 0.4) is 0 Å². The minimum Gasteiger partial charge on any atom is -0.493 e. The number of nitrogens with zero attached hydrogens (tertiary/aromatic N) is 4. The smallest absolute Gasteiger partial charge is 0.306 e. The molecule has 0 unspecified atom stereocenters. The molecule has 166 valence electrons. The van der Waals surface area contributed by atoms with Crippen LogP contribution in [0.4, 0.5) is 0 Å². The molecular formula is C21H26N4O6. The highest BCUT2D eigenvalue weighted by Gasteiger charge is 2.13. The summed E-state index contributed by atoms with van der Waals surface area (Å²) in [4.78, 5) is 33.2. The van der Waals surface area contributed by atoms with Crippen LogP contribution < -0.4 is 15.0 Å². The van der Waals surface area contributed by atoms with Gasteiger partial charge in [-0.25, -0.2) is 4.98 Å². The van der Waals surface area contributed by atoms with Crippen molar-refractivity contribution in [2.45, 2.75) is 46.3 Å². The number of methoxy groups -OCH3 is 2. The lowest BCUT2D eigenvalue weighted by atomic mass is 10.1. The zero-order valence-corrected chi connectivity index (χ0v) is 18.1. The van der Waals surface area contributed by atoms with Crippen molar-refractivity contribution in [3.63, 3.8) is 0 Å². The summed E-state index contributed by atoms with van der Waals surface area (Å²) in [5.41, 5.74) is 0.289.